The van der Waals surface area contributed by atoms with Gasteiger partial charge >= 0.3 is 0 Å². The van der Waals surface area contributed by atoms with E-state index in [1.807, 2.05) is 0 Å². The van der Waals surface area contributed by atoms with Crippen LogP contribution in [0, 0.1) is 5.92 Å². The van der Waals surface area contributed by atoms with Gasteiger partial charge in [-0.3, -0.25) is 0 Å². The van der Waals surface area contributed by atoms with Crippen LogP contribution in [0.2, 0.25) is 5.15 Å². The number of hydrogen-bond acceptors (Lipinski definition) is 4. The van der Waals surface area contributed by atoms with Crippen molar-refractivity contribution in [2.24, 2.45) is 5.92 Å². The molecule has 0 aliphatic rings. The van der Waals surface area contributed by atoms with Crippen LogP contribution in [0.15, 0.2) is 0 Å². The molecular formula is C10H18ClN3S. The van der Waals surface area contributed by atoms with Crippen LogP contribution < -0.4 is 4.90 Å². The smallest absolute Gasteiger partial charge is 0.187 e. The van der Waals surface area contributed by atoms with E-state index in [2.05, 4.69) is 34.4 Å². The molecule has 0 fully saturated rings. The van der Waals surface area contributed by atoms with Crippen LogP contribution in [-0.2, 0) is 0 Å². The summed E-state index contributed by atoms with van der Waals surface area (Å²) >= 11 is 7.16. The fraction of sp³-hybridized carbons (Fsp3) is 0.800. The third kappa shape index (κ3) is 3.31. The second kappa shape index (κ2) is 6.28. The Morgan fingerprint density at radius 3 is 2.33 bits per heavy atom. The van der Waals surface area contributed by atoms with Gasteiger partial charge in [0.1, 0.15) is 0 Å². The predicted octanol–water partition coefficient (Wildman–Crippen LogP) is 3.45. The Labute approximate surface area is 101 Å². The summed E-state index contributed by atoms with van der Waals surface area (Å²) in [6.45, 7) is 8.53. The van der Waals surface area contributed by atoms with Crippen molar-refractivity contribution in [1.82, 2.24) is 8.75 Å². The van der Waals surface area contributed by atoms with Gasteiger partial charge in [0.25, 0.3) is 0 Å². The number of anilines is 1. The molecule has 0 aromatic carbocycles. The number of nitrogens with zero attached hydrogens (tertiary/aromatic N) is 3. The number of halogens is 1. The van der Waals surface area contributed by atoms with E-state index in [0.29, 0.717) is 11.1 Å². The van der Waals surface area contributed by atoms with Crippen molar-refractivity contribution >= 4 is 29.1 Å². The standard InChI is InChI=1S/C10H18ClN3S/c1-4-8(5-2)7-14(6-3)10-9(11)12-15-13-10/h8H,4-7H2,1-3H3. The van der Waals surface area contributed by atoms with Gasteiger partial charge in [-0.1, -0.05) is 38.3 Å². The molecule has 1 aromatic heterocycles. The molecule has 86 valence electrons. The van der Waals surface area contributed by atoms with E-state index >= 15 is 0 Å². The summed E-state index contributed by atoms with van der Waals surface area (Å²) in [5.41, 5.74) is 0. The molecule has 0 spiro atoms. The van der Waals surface area contributed by atoms with Crippen LogP contribution in [0.3, 0.4) is 0 Å². The number of rotatable bonds is 6. The average molecular weight is 248 g/mol. The molecule has 0 saturated carbocycles. The van der Waals surface area contributed by atoms with Gasteiger partial charge in [0.15, 0.2) is 11.0 Å². The molecule has 15 heavy (non-hydrogen) atoms. The molecule has 0 atom stereocenters. The summed E-state index contributed by atoms with van der Waals surface area (Å²) in [5.74, 6) is 1.55. The molecule has 0 aliphatic heterocycles. The summed E-state index contributed by atoms with van der Waals surface area (Å²) in [7, 11) is 0. The van der Waals surface area contributed by atoms with Gasteiger partial charge in [0.2, 0.25) is 0 Å². The molecule has 5 heteroatoms. The first kappa shape index (κ1) is 12.7. The Morgan fingerprint density at radius 1 is 1.27 bits per heavy atom. The predicted molar refractivity (Wildman–Crippen MR) is 66.9 cm³/mol. The lowest BCUT2D eigenvalue weighted by atomic mass is 10.0. The van der Waals surface area contributed by atoms with Gasteiger partial charge in [-0.15, -0.1) is 0 Å². The molecule has 1 aromatic rings. The zero-order chi connectivity index (χ0) is 11.3. The Balaban J connectivity index is 2.68. The van der Waals surface area contributed by atoms with Crippen molar-refractivity contribution in [2.45, 2.75) is 33.6 Å². The minimum Gasteiger partial charge on any atom is -0.353 e. The van der Waals surface area contributed by atoms with E-state index in [9.17, 15) is 0 Å². The Kier molecular flexibility index (Phi) is 5.32. The lowest BCUT2D eigenvalue weighted by Crippen LogP contribution is -2.29. The van der Waals surface area contributed by atoms with Crippen molar-refractivity contribution in [3.05, 3.63) is 5.15 Å². The first-order chi connectivity index (χ1) is 7.22. The summed E-state index contributed by atoms with van der Waals surface area (Å²) in [5, 5.41) is 0.535. The highest BCUT2D eigenvalue weighted by Gasteiger charge is 2.16. The van der Waals surface area contributed by atoms with Crippen molar-refractivity contribution < 1.29 is 0 Å². The van der Waals surface area contributed by atoms with E-state index in [4.69, 9.17) is 11.6 Å². The zero-order valence-corrected chi connectivity index (χ0v) is 11.1. The average Bonchev–Trinajstić information content (AvgIpc) is 2.67. The van der Waals surface area contributed by atoms with Gasteiger partial charge in [0, 0.05) is 13.1 Å². The molecule has 0 saturated heterocycles. The summed E-state index contributed by atoms with van der Waals surface area (Å²) < 4.78 is 8.23. The first-order valence-corrected chi connectivity index (χ1v) is 6.56. The fourth-order valence-electron chi connectivity index (χ4n) is 1.59. The van der Waals surface area contributed by atoms with Crippen molar-refractivity contribution in [2.75, 3.05) is 18.0 Å². The first-order valence-electron chi connectivity index (χ1n) is 5.45. The SMILES string of the molecule is CCC(CC)CN(CC)c1nsnc1Cl. The Morgan fingerprint density at radius 2 is 1.93 bits per heavy atom. The van der Waals surface area contributed by atoms with Crippen LogP contribution in [0.25, 0.3) is 0 Å². The lowest BCUT2D eigenvalue weighted by Gasteiger charge is -2.25. The van der Waals surface area contributed by atoms with E-state index in [1.54, 1.807) is 0 Å². The van der Waals surface area contributed by atoms with E-state index in [0.717, 1.165) is 18.9 Å². The monoisotopic (exact) mass is 247 g/mol. The second-order valence-electron chi connectivity index (χ2n) is 3.60. The largest absolute Gasteiger partial charge is 0.353 e. The number of aromatic nitrogens is 2. The molecule has 0 radical (unpaired) electrons. The third-order valence-electron chi connectivity index (χ3n) is 2.75. The maximum atomic E-state index is 5.98. The fourth-order valence-corrected chi connectivity index (χ4v) is 2.36. The quantitative estimate of drug-likeness (QED) is 0.771. The topological polar surface area (TPSA) is 29.0 Å². The van der Waals surface area contributed by atoms with E-state index < -0.39 is 0 Å². The maximum absolute atomic E-state index is 5.98. The summed E-state index contributed by atoms with van der Waals surface area (Å²) in [4.78, 5) is 2.21. The highest BCUT2D eigenvalue weighted by Crippen LogP contribution is 2.24. The van der Waals surface area contributed by atoms with Gasteiger partial charge in [-0.05, 0) is 12.8 Å². The van der Waals surface area contributed by atoms with Crippen molar-refractivity contribution in [1.29, 1.82) is 0 Å². The number of hydrogen-bond donors (Lipinski definition) is 0. The molecule has 1 heterocycles. The van der Waals surface area contributed by atoms with E-state index in [1.165, 1.54) is 24.6 Å². The summed E-state index contributed by atoms with van der Waals surface area (Å²) in [6.07, 6.45) is 2.39. The zero-order valence-electron chi connectivity index (χ0n) is 9.53. The van der Waals surface area contributed by atoms with Crippen molar-refractivity contribution in [3.8, 4) is 0 Å². The molecular weight excluding hydrogens is 230 g/mol. The summed E-state index contributed by atoms with van der Waals surface area (Å²) in [6, 6.07) is 0. The van der Waals surface area contributed by atoms with Gasteiger partial charge in [-0.25, -0.2) is 0 Å². The highest BCUT2D eigenvalue weighted by atomic mass is 35.5. The van der Waals surface area contributed by atoms with Crippen LogP contribution in [0.4, 0.5) is 5.82 Å². The Hall–Kier alpha value is -0.350. The van der Waals surface area contributed by atoms with Crippen LogP contribution in [0.5, 0.6) is 0 Å². The maximum Gasteiger partial charge on any atom is 0.187 e. The molecule has 3 nitrogen and oxygen atoms in total. The molecule has 0 unspecified atom stereocenters. The normalized spacial score (nSPS) is 11.0. The molecule has 1 rings (SSSR count). The van der Waals surface area contributed by atoms with Gasteiger partial charge in [0.05, 0.1) is 11.7 Å². The minimum atomic E-state index is 0.535. The van der Waals surface area contributed by atoms with Crippen LogP contribution >= 0.6 is 23.3 Å². The van der Waals surface area contributed by atoms with Gasteiger partial charge < -0.3 is 4.90 Å². The van der Waals surface area contributed by atoms with Gasteiger partial charge in [-0.2, -0.15) is 8.75 Å². The highest BCUT2D eigenvalue weighted by molar-refractivity contribution is 6.99. The molecule has 0 N–H and O–H groups in total. The molecule has 0 bridgehead atoms. The molecule has 0 aliphatic carbocycles. The van der Waals surface area contributed by atoms with Crippen molar-refractivity contribution in [3.63, 3.8) is 0 Å². The minimum absolute atomic E-state index is 0.535. The second-order valence-corrected chi connectivity index (χ2v) is 4.49. The van der Waals surface area contributed by atoms with E-state index in [-0.39, 0.29) is 0 Å². The Bertz CT molecular complexity index is 286. The lowest BCUT2D eigenvalue weighted by molar-refractivity contribution is 0.485. The molecule has 0 amide bonds. The van der Waals surface area contributed by atoms with Crippen LogP contribution in [0.1, 0.15) is 33.6 Å². The third-order valence-corrected chi connectivity index (χ3v) is 3.62. The van der Waals surface area contributed by atoms with Crippen LogP contribution in [-0.4, -0.2) is 21.8 Å².